The monoisotopic (exact) mass is 527 g/mol. The van der Waals surface area contributed by atoms with Crippen LogP contribution in [0.2, 0.25) is 0 Å². The van der Waals surface area contributed by atoms with Crippen LogP contribution in [0.15, 0.2) is 66.2 Å². The molecule has 200 valence electrons. The fourth-order valence-electron chi connectivity index (χ4n) is 4.86. The zero-order valence-corrected chi connectivity index (χ0v) is 22.3. The number of Topliss-reactive ketones (excluding diaryl/α,β-unsaturated/α-hetero) is 1. The number of ketones is 1. The fourth-order valence-corrected chi connectivity index (χ4v) is 4.86. The number of hydrogen-bond donors (Lipinski definition) is 2. The molecule has 0 spiro atoms. The van der Waals surface area contributed by atoms with Crippen LogP contribution in [0.5, 0.6) is 17.2 Å². The molecule has 1 atom stereocenters. The number of hydrogen-bond acceptors (Lipinski definition) is 7. The number of nitrogens with zero attached hydrogens (tertiary/aromatic N) is 2. The van der Waals surface area contributed by atoms with E-state index in [0.717, 1.165) is 5.56 Å². The number of carbonyl (C=O) groups excluding carboxylic acids is 2. The number of H-pyrrole nitrogens is 1. The molecular weight excluding hydrogens is 498 g/mol. The van der Waals surface area contributed by atoms with E-state index in [-0.39, 0.29) is 23.2 Å². The number of aromatic nitrogens is 2. The predicted octanol–water partition coefficient (Wildman–Crippen LogP) is 5.34. The average Bonchev–Trinajstić information content (AvgIpc) is 3.49. The van der Waals surface area contributed by atoms with Crippen molar-refractivity contribution in [2.24, 2.45) is 0 Å². The summed E-state index contributed by atoms with van der Waals surface area (Å²) in [6.07, 6.45) is 0. The van der Waals surface area contributed by atoms with Gasteiger partial charge in [0.2, 0.25) is 5.95 Å². The molecule has 2 heterocycles. The third kappa shape index (κ3) is 4.46. The number of amides is 1. The SMILES string of the molecule is COc1ccc(C2/C(=C(\O)c3ccc(OC)c(C(C)C)c3)C(=O)C(=O)N2c2nc3ccc(OC)cc3[nH]2)cc1. The van der Waals surface area contributed by atoms with Gasteiger partial charge in [-0.15, -0.1) is 0 Å². The third-order valence-electron chi connectivity index (χ3n) is 6.91. The number of aliphatic hydroxyl groups excluding tert-OH is 1. The summed E-state index contributed by atoms with van der Waals surface area (Å²) in [7, 11) is 4.70. The van der Waals surface area contributed by atoms with E-state index >= 15 is 0 Å². The Labute approximate surface area is 225 Å². The second kappa shape index (κ2) is 10.2. The van der Waals surface area contributed by atoms with E-state index in [2.05, 4.69) is 9.97 Å². The lowest BCUT2D eigenvalue weighted by atomic mass is 9.93. The number of aliphatic hydroxyl groups is 1. The van der Waals surface area contributed by atoms with Gasteiger partial charge >= 0.3 is 5.91 Å². The van der Waals surface area contributed by atoms with E-state index in [1.807, 2.05) is 13.8 Å². The molecule has 1 saturated heterocycles. The highest BCUT2D eigenvalue weighted by Gasteiger charge is 2.48. The molecule has 9 nitrogen and oxygen atoms in total. The zero-order valence-electron chi connectivity index (χ0n) is 22.3. The van der Waals surface area contributed by atoms with Crippen LogP contribution in [0.3, 0.4) is 0 Å². The topological polar surface area (TPSA) is 114 Å². The van der Waals surface area contributed by atoms with Crippen molar-refractivity contribution < 1.29 is 28.9 Å². The molecule has 0 radical (unpaired) electrons. The molecule has 4 aromatic rings. The van der Waals surface area contributed by atoms with Crippen molar-refractivity contribution in [2.45, 2.75) is 25.8 Å². The first-order chi connectivity index (χ1) is 18.8. The minimum atomic E-state index is -0.942. The lowest BCUT2D eigenvalue weighted by Gasteiger charge is -2.23. The van der Waals surface area contributed by atoms with Crippen LogP contribution in [0.4, 0.5) is 5.95 Å². The number of aromatic amines is 1. The van der Waals surface area contributed by atoms with Crippen LogP contribution in [-0.2, 0) is 9.59 Å². The number of fused-ring (bicyclic) bond motifs is 1. The van der Waals surface area contributed by atoms with Crippen LogP contribution in [0.1, 0.15) is 42.5 Å². The van der Waals surface area contributed by atoms with Gasteiger partial charge in [0.1, 0.15) is 23.0 Å². The van der Waals surface area contributed by atoms with Crippen molar-refractivity contribution in [3.8, 4) is 17.2 Å². The molecular formula is C30H29N3O6. The van der Waals surface area contributed by atoms with Gasteiger partial charge in [0.15, 0.2) is 0 Å². The molecule has 1 unspecified atom stereocenters. The number of carbonyl (C=O) groups is 2. The van der Waals surface area contributed by atoms with Crippen LogP contribution in [0, 0.1) is 0 Å². The Morgan fingerprint density at radius 1 is 0.923 bits per heavy atom. The maximum absolute atomic E-state index is 13.5. The van der Waals surface area contributed by atoms with Gasteiger partial charge in [0.05, 0.1) is 44.0 Å². The number of anilines is 1. The van der Waals surface area contributed by atoms with Crippen molar-refractivity contribution in [1.82, 2.24) is 9.97 Å². The highest BCUT2D eigenvalue weighted by atomic mass is 16.5. The summed E-state index contributed by atoms with van der Waals surface area (Å²) in [5.74, 6) is 0.285. The van der Waals surface area contributed by atoms with Gasteiger partial charge in [0.25, 0.3) is 5.78 Å². The average molecular weight is 528 g/mol. The summed E-state index contributed by atoms with van der Waals surface area (Å²) in [5.41, 5.74) is 3.07. The molecule has 0 bridgehead atoms. The Hall–Kier alpha value is -4.79. The zero-order chi connectivity index (χ0) is 27.8. The first kappa shape index (κ1) is 25.8. The minimum absolute atomic E-state index is 0.0388. The Morgan fingerprint density at radius 2 is 1.62 bits per heavy atom. The molecule has 2 N–H and O–H groups in total. The van der Waals surface area contributed by atoms with Gasteiger partial charge in [0, 0.05) is 11.6 Å². The fraction of sp³-hybridized carbons (Fsp3) is 0.233. The molecule has 0 aliphatic carbocycles. The highest BCUT2D eigenvalue weighted by Crippen LogP contribution is 2.43. The van der Waals surface area contributed by atoms with Gasteiger partial charge in [-0.3, -0.25) is 14.5 Å². The van der Waals surface area contributed by atoms with Crippen LogP contribution in [-0.4, -0.2) is 48.1 Å². The standard InChI is InChI=1S/C30H29N3O6/c1-16(2)21-14-18(8-13-24(21)39-5)27(34)25-26(17-6-9-19(37-3)10-7-17)33(29(36)28(25)35)30-31-22-12-11-20(38-4)15-23(22)32-30/h6-16,26,34H,1-5H3,(H,31,32)/b27-25+. The molecule has 1 aliphatic rings. The van der Waals surface area contributed by atoms with Crippen molar-refractivity contribution in [2.75, 3.05) is 26.2 Å². The predicted molar refractivity (Wildman–Crippen MR) is 148 cm³/mol. The van der Waals surface area contributed by atoms with Gasteiger partial charge in [-0.1, -0.05) is 26.0 Å². The third-order valence-corrected chi connectivity index (χ3v) is 6.91. The number of rotatable bonds is 7. The molecule has 0 saturated carbocycles. The molecule has 39 heavy (non-hydrogen) atoms. The molecule has 3 aromatic carbocycles. The van der Waals surface area contributed by atoms with E-state index in [4.69, 9.17) is 14.2 Å². The van der Waals surface area contributed by atoms with Gasteiger partial charge in [-0.05, 0) is 59.5 Å². The van der Waals surface area contributed by atoms with E-state index in [1.54, 1.807) is 82.0 Å². The maximum Gasteiger partial charge on any atom is 0.302 e. The second-order valence-electron chi connectivity index (χ2n) is 9.50. The summed E-state index contributed by atoms with van der Waals surface area (Å²) in [5, 5.41) is 11.6. The molecule has 1 aliphatic heterocycles. The Bertz CT molecular complexity index is 1600. The van der Waals surface area contributed by atoms with Gasteiger partial charge in [-0.2, -0.15) is 0 Å². The largest absolute Gasteiger partial charge is 0.507 e. The summed E-state index contributed by atoms with van der Waals surface area (Å²) in [6.45, 7) is 4.02. The summed E-state index contributed by atoms with van der Waals surface area (Å²) >= 11 is 0. The molecule has 5 rings (SSSR count). The summed E-state index contributed by atoms with van der Waals surface area (Å²) in [6, 6.07) is 16.5. The normalized spacial score (nSPS) is 16.8. The molecule has 1 fully saturated rings. The molecule has 1 amide bonds. The summed E-state index contributed by atoms with van der Waals surface area (Å²) < 4.78 is 16.1. The van der Waals surface area contributed by atoms with E-state index in [0.29, 0.717) is 39.4 Å². The van der Waals surface area contributed by atoms with E-state index in [9.17, 15) is 14.7 Å². The number of methoxy groups -OCH3 is 3. The van der Waals surface area contributed by atoms with Crippen molar-refractivity contribution in [1.29, 1.82) is 0 Å². The highest BCUT2D eigenvalue weighted by molar-refractivity contribution is 6.51. The Balaban J connectivity index is 1.71. The lowest BCUT2D eigenvalue weighted by molar-refractivity contribution is -0.132. The second-order valence-corrected chi connectivity index (χ2v) is 9.50. The van der Waals surface area contributed by atoms with Crippen LogP contribution < -0.4 is 19.1 Å². The maximum atomic E-state index is 13.5. The van der Waals surface area contributed by atoms with Crippen molar-refractivity contribution in [3.63, 3.8) is 0 Å². The quantitative estimate of drug-likeness (QED) is 0.189. The van der Waals surface area contributed by atoms with Gasteiger partial charge < -0.3 is 24.3 Å². The smallest absolute Gasteiger partial charge is 0.302 e. The first-order valence-corrected chi connectivity index (χ1v) is 12.4. The first-order valence-electron chi connectivity index (χ1n) is 12.4. The Kier molecular flexibility index (Phi) is 6.74. The number of nitrogens with one attached hydrogen (secondary N) is 1. The number of ether oxygens (including phenoxy) is 3. The van der Waals surface area contributed by atoms with Crippen LogP contribution >= 0.6 is 0 Å². The molecule has 9 heteroatoms. The lowest BCUT2D eigenvalue weighted by Crippen LogP contribution is -2.30. The number of benzene rings is 3. The van der Waals surface area contributed by atoms with E-state index < -0.39 is 17.7 Å². The van der Waals surface area contributed by atoms with Crippen molar-refractivity contribution >= 4 is 34.4 Å². The van der Waals surface area contributed by atoms with Gasteiger partial charge in [-0.25, -0.2) is 4.98 Å². The summed E-state index contributed by atoms with van der Waals surface area (Å²) in [4.78, 5) is 36.1. The van der Waals surface area contributed by atoms with E-state index in [1.165, 1.54) is 4.90 Å². The number of imidazole rings is 1. The minimum Gasteiger partial charge on any atom is -0.507 e. The van der Waals surface area contributed by atoms with Crippen LogP contribution in [0.25, 0.3) is 16.8 Å². The Morgan fingerprint density at radius 3 is 2.26 bits per heavy atom. The molecule has 1 aromatic heterocycles. The van der Waals surface area contributed by atoms with Crippen molar-refractivity contribution in [3.05, 3.63) is 82.9 Å².